The van der Waals surface area contributed by atoms with Crippen LogP contribution in [0.1, 0.15) is 37.7 Å². The predicted octanol–water partition coefficient (Wildman–Crippen LogP) is 2.79. The van der Waals surface area contributed by atoms with Crippen molar-refractivity contribution in [3.05, 3.63) is 24.0 Å². The van der Waals surface area contributed by atoms with Crippen LogP contribution in [0.5, 0.6) is 0 Å². The van der Waals surface area contributed by atoms with Gasteiger partial charge < -0.3 is 15.4 Å². The van der Waals surface area contributed by atoms with Crippen molar-refractivity contribution in [3.63, 3.8) is 0 Å². The van der Waals surface area contributed by atoms with Crippen molar-refractivity contribution in [1.82, 2.24) is 9.97 Å². The quantitative estimate of drug-likeness (QED) is 0.796. The van der Waals surface area contributed by atoms with Gasteiger partial charge in [-0.2, -0.15) is 5.26 Å². The normalized spacial score (nSPS) is 37.9. The van der Waals surface area contributed by atoms with Crippen LogP contribution in [0.4, 0.5) is 5.69 Å². The number of nitrogens with one attached hydrogen (secondary N) is 2. The van der Waals surface area contributed by atoms with Crippen LogP contribution in [-0.4, -0.2) is 26.7 Å². The SMILES string of the molecule is N#Cc1cnc2[nH]ccc2c1NC1C2CC3CC1CC(O)(C3)C2. The van der Waals surface area contributed by atoms with Gasteiger partial charge in [0.1, 0.15) is 11.7 Å². The molecule has 118 valence electrons. The number of nitriles is 1. The van der Waals surface area contributed by atoms with Crippen molar-refractivity contribution in [3.8, 4) is 6.07 Å². The Kier molecular flexibility index (Phi) is 2.61. The first kappa shape index (κ1) is 13.4. The lowest BCUT2D eigenvalue weighted by Gasteiger charge is -2.58. The number of hydrogen-bond acceptors (Lipinski definition) is 4. The Bertz CT molecular complexity index is 804. The van der Waals surface area contributed by atoms with E-state index in [9.17, 15) is 10.4 Å². The number of fused-ring (bicyclic) bond motifs is 1. The van der Waals surface area contributed by atoms with Gasteiger partial charge in [0.2, 0.25) is 0 Å². The van der Waals surface area contributed by atoms with Crippen LogP contribution in [0.25, 0.3) is 11.0 Å². The first-order valence-electron chi connectivity index (χ1n) is 8.50. The molecule has 0 radical (unpaired) electrons. The minimum atomic E-state index is -0.422. The molecule has 4 aliphatic rings. The molecule has 0 aromatic carbocycles. The number of nitrogens with zero attached hydrogens (tertiary/aromatic N) is 2. The predicted molar refractivity (Wildman–Crippen MR) is 86.7 cm³/mol. The first-order valence-corrected chi connectivity index (χ1v) is 8.50. The number of hydrogen-bond donors (Lipinski definition) is 3. The number of rotatable bonds is 2. The molecule has 5 nitrogen and oxygen atoms in total. The number of aromatic amines is 1. The number of aliphatic hydroxyl groups is 1. The highest BCUT2D eigenvalue weighted by Crippen LogP contribution is 2.56. The Morgan fingerprint density at radius 1 is 1.30 bits per heavy atom. The number of pyridine rings is 1. The lowest BCUT2D eigenvalue weighted by atomic mass is 9.52. The Hall–Kier alpha value is -2.06. The molecule has 6 rings (SSSR count). The van der Waals surface area contributed by atoms with Gasteiger partial charge in [-0.1, -0.05) is 0 Å². The summed E-state index contributed by atoms with van der Waals surface area (Å²) in [4.78, 5) is 7.43. The molecule has 0 saturated heterocycles. The molecular weight excluding hydrogens is 288 g/mol. The summed E-state index contributed by atoms with van der Waals surface area (Å²) >= 11 is 0. The van der Waals surface area contributed by atoms with Crippen LogP contribution < -0.4 is 5.32 Å². The Balaban J connectivity index is 1.53. The van der Waals surface area contributed by atoms with Gasteiger partial charge in [-0.15, -0.1) is 0 Å². The molecule has 0 amide bonds. The highest BCUT2D eigenvalue weighted by Gasteiger charge is 2.54. The molecule has 4 fully saturated rings. The van der Waals surface area contributed by atoms with Crippen LogP contribution >= 0.6 is 0 Å². The minimum Gasteiger partial charge on any atom is -0.390 e. The van der Waals surface area contributed by atoms with Crippen LogP contribution in [0.15, 0.2) is 18.5 Å². The van der Waals surface area contributed by atoms with Crippen molar-refractivity contribution in [2.45, 2.75) is 43.7 Å². The third-order valence-electron chi connectivity index (χ3n) is 6.26. The third kappa shape index (κ3) is 1.91. The topological polar surface area (TPSA) is 84.7 Å². The summed E-state index contributed by atoms with van der Waals surface area (Å²) in [5.74, 6) is 1.72. The molecule has 2 heterocycles. The van der Waals surface area contributed by atoms with Gasteiger partial charge in [0.15, 0.2) is 0 Å². The molecule has 23 heavy (non-hydrogen) atoms. The van der Waals surface area contributed by atoms with Crippen molar-refractivity contribution in [2.24, 2.45) is 17.8 Å². The van der Waals surface area contributed by atoms with E-state index in [4.69, 9.17) is 0 Å². The second-order valence-corrected chi connectivity index (χ2v) is 7.76. The van der Waals surface area contributed by atoms with Gasteiger partial charge in [-0.05, 0) is 55.9 Å². The summed E-state index contributed by atoms with van der Waals surface area (Å²) in [7, 11) is 0. The monoisotopic (exact) mass is 308 g/mol. The van der Waals surface area contributed by atoms with E-state index < -0.39 is 5.60 Å². The fraction of sp³-hybridized carbons (Fsp3) is 0.556. The van der Waals surface area contributed by atoms with Crippen molar-refractivity contribution < 1.29 is 5.11 Å². The number of anilines is 1. The van der Waals surface area contributed by atoms with Crippen molar-refractivity contribution in [2.75, 3.05) is 5.32 Å². The third-order valence-corrected chi connectivity index (χ3v) is 6.26. The molecule has 4 bridgehead atoms. The molecule has 4 aliphatic carbocycles. The molecule has 0 aliphatic heterocycles. The van der Waals surface area contributed by atoms with Crippen LogP contribution in [0.2, 0.25) is 0 Å². The molecule has 2 atom stereocenters. The molecule has 3 N–H and O–H groups in total. The molecule has 5 heteroatoms. The Morgan fingerprint density at radius 3 is 2.78 bits per heavy atom. The summed E-state index contributed by atoms with van der Waals surface area (Å²) in [6.07, 6.45) is 8.73. The maximum absolute atomic E-state index is 10.7. The van der Waals surface area contributed by atoms with Gasteiger partial charge in [0.05, 0.1) is 16.9 Å². The van der Waals surface area contributed by atoms with E-state index in [2.05, 4.69) is 21.4 Å². The lowest BCUT2D eigenvalue weighted by molar-refractivity contribution is -0.129. The highest BCUT2D eigenvalue weighted by atomic mass is 16.3. The number of H-pyrrole nitrogens is 1. The first-order chi connectivity index (χ1) is 11.1. The summed E-state index contributed by atoms with van der Waals surface area (Å²) in [6.45, 7) is 0. The van der Waals surface area contributed by atoms with Crippen molar-refractivity contribution >= 4 is 16.7 Å². The van der Waals surface area contributed by atoms with E-state index in [1.807, 2.05) is 12.3 Å². The van der Waals surface area contributed by atoms with Gasteiger partial charge >= 0.3 is 0 Å². The fourth-order valence-corrected chi connectivity index (χ4v) is 5.63. The maximum atomic E-state index is 10.7. The maximum Gasteiger partial charge on any atom is 0.139 e. The van der Waals surface area contributed by atoms with Crippen molar-refractivity contribution in [1.29, 1.82) is 5.26 Å². The van der Waals surface area contributed by atoms with Gasteiger partial charge in [0.25, 0.3) is 0 Å². The average molecular weight is 308 g/mol. The zero-order valence-corrected chi connectivity index (χ0v) is 12.9. The molecule has 0 spiro atoms. The summed E-state index contributed by atoms with van der Waals surface area (Å²) in [6, 6.07) is 4.61. The van der Waals surface area contributed by atoms with Crippen LogP contribution in [-0.2, 0) is 0 Å². The van der Waals surface area contributed by atoms with E-state index >= 15 is 0 Å². The van der Waals surface area contributed by atoms with Crippen LogP contribution in [0.3, 0.4) is 0 Å². The summed E-state index contributed by atoms with van der Waals surface area (Å²) in [5, 5.41) is 24.9. The smallest absolute Gasteiger partial charge is 0.139 e. The summed E-state index contributed by atoms with van der Waals surface area (Å²) < 4.78 is 0. The largest absolute Gasteiger partial charge is 0.390 e. The number of aromatic nitrogens is 2. The molecule has 4 saturated carbocycles. The Morgan fingerprint density at radius 2 is 2.09 bits per heavy atom. The lowest BCUT2D eigenvalue weighted by Crippen LogP contribution is -2.59. The van der Waals surface area contributed by atoms with E-state index in [0.717, 1.165) is 36.0 Å². The van der Waals surface area contributed by atoms with Gasteiger partial charge in [-0.3, -0.25) is 0 Å². The minimum absolute atomic E-state index is 0.361. The van der Waals surface area contributed by atoms with Gasteiger partial charge in [0, 0.05) is 23.8 Å². The fourth-order valence-electron chi connectivity index (χ4n) is 5.63. The zero-order valence-electron chi connectivity index (χ0n) is 12.9. The zero-order chi connectivity index (χ0) is 15.6. The second-order valence-electron chi connectivity index (χ2n) is 7.76. The van der Waals surface area contributed by atoms with E-state index in [0.29, 0.717) is 29.4 Å². The molecule has 2 aromatic rings. The van der Waals surface area contributed by atoms with E-state index in [1.165, 1.54) is 12.8 Å². The molecule has 2 unspecified atom stereocenters. The molecule has 2 aromatic heterocycles. The average Bonchev–Trinajstić information content (AvgIpc) is 2.98. The standard InChI is InChI=1S/C18H20N4O/c19-8-13-9-21-17-14(1-2-20-17)16(13)22-15-11-3-10-4-12(15)7-18(23,5-10)6-11/h1-2,9-12,15,23H,3-7H2,(H2,20,21,22). The van der Waals surface area contributed by atoms with Crippen LogP contribution in [0, 0.1) is 29.1 Å². The van der Waals surface area contributed by atoms with E-state index in [1.54, 1.807) is 6.20 Å². The van der Waals surface area contributed by atoms with Gasteiger partial charge in [-0.25, -0.2) is 4.98 Å². The highest BCUT2D eigenvalue weighted by molar-refractivity contribution is 5.92. The molecular formula is C18H20N4O. The summed E-state index contributed by atoms with van der Waals surface area (Å²) in [5.41, 5.74) is 1.90. The Labute approximate surface area is 134 Å². The van der Waals surface area contributed by atoms with E-state index in [-0.39, 0.29) is 0 Å². The second kappa shape index (κ2) is 4.48.